The van der Waals surface area contributed by atoms with Crippen LogP contribution in [0.5, 0.6) is 0 Å². The maximum atomic E-state index is 12.5. The number of carbonyl (C=O) groups is 2. The van der Waals surface area contributed by atoms with Crippen molar-refractivity contribution in [2.24, 2.45) is 0 Å². The van der Waals surface area contributed by atoms with Gasteiger partial charge in [0.15, 0.2) is 6.10 Å². The first kappa shape index (κ1) is 18.4. The van der Waals surface area contributed by atoms with Gasteiger partial charge in [0.2, 0.25) is 0 Å². The van der Waals surface area contributed by atoms with Gasteiger partial charge in [-0.2, -0.15) is 5.10 Å². The van der Waals surface area contributed by atoms with Gasteiger partial charge in [-0.1, -0.05) is 30.3 Å². The SMILES string of the molecule is C[C@@H](OC(=O)c1ccc(Cn2cccn2)cc1)C(=O)N(C)c1ccccc1. The minimum Gasteiger partial charge on any atom is -0.449 e. The van der Waals surface area contributed by atoms with E-state index < -0.39 is 12.1 Å². The summed E-state index contributed by atoms with van der Waals surface area (Å²) >= 11 is 0. The van der Waals surface area contributed by atoms with Crippen LogP contribution < -0.4 is 4.90 Å². The van der Waals surface area contributed by atoms with Gasteiger partial charge in [0.25, 0.3) is 5.91 Å². The fourth-order valence-corrected chi connectivity index (χ4v) is 2.66. The van der Waals surface area contributed by atoms with Crippen molar-refractivity contribution in [2.75, 3.05) is 11.9 Å². The number of para-hydroxylation sites is 1. The first-order valence-electron chi connectivity index (χ1n) is 8.64. The molecule has 0 saturated heterocycles. The second-order valence-electron chi connectivity index (χ2n) is 6.18. The quantitative estimate of drug-likeness (QED) is 0.631. The summed E-state index contributed by atoms with van der Waals surface area (Å²) in [5.41, 5.74) is 2.16. The fourth-order valence-electron chi connectivity index (χ4n) is 2.66. The van der Waals surface area contributed by atoms with E-state index >= 15 is 0 Å². The van der Waals surface area contributed by atoms with Gasteiger partial charge in [0.05, 0.1) is 12.1 Å². The molecule has 27 heavy (non-hydrogen) atoms. The van der Waals surface area contributed by atoms with Crippen LogP contribution in [0.15, 0.2) is 73.1 Å². The molecule has 0 saturated carbocycles. The number of hydrogen-bond acceptors (Lipinski definition) is 4. The molecule has 3 rings (SSSR count). The Kier molecular flexibility index (Phi) is 5.66. The molecule has 0 fully saturated rings. The average molecular weight is 363 g/mol. The molecule has 0 bridgehead atoms. The molecule has 0 unspecified atom stereocenters. The number of hydrogen-bond donors (Lipinski definition) is 0. The first-order chi connectivity index (χ1) is 13.0. The Hall–Kier alpha value is -3.41. The third kappa shape index (κ3) is 4.61. The number of aromatic nitrogens is 2. The molecule has 1 heterocycles. The third-order valence-electron chi connectivity index (χ3n) is 4.20. The van der Waals surface area contributed by atoms with Crippen molar-refractivity contribution in [3.8, 4) is 0 Å². The summed E-state index contributed by atoms with van der Waals surface area (Å²) < 4.78 is 7.14. The lowest BCUT2D eigenvalue weighted by Crippen LogP contribution is -2.37. The summed E-state index contributed by atoms with van der Waals surface area (Å²) in [7, 11) is 1.66. The predicted molar refractivity (Wildman–Crippen MR) is 103 cm³/mol. The van der Waals surface area contributed by atoms with E-state index in [9.17, 15) is 9.59 Å². The van der Waals surface area contributed by atoms with E-state index in [4.69, 9.17) is 4.74 Å². The highest BCUT2D eigenvalue weighted by molar-refractivity contribution is 5.98. The van der Waals surface area contributed by atoms with Gasteiger partial charge >= 0.3 is 5.97 Å². The number of carbonyl (C=O) groups excluding carboxylic acids is 2. The normalized spacial score (nSPS) is 11.6. The van der Waals surface area contributed by atoms with Crippen molar-refractivity contribution in [2.45, 2.75) is 19.6 Å². The van der Waals surface area contributed by atoms with E-state index in [0.29, 0.717) is 12.1 Å². The highest BCUT2D eigenvalue weighted by Gasteiger charge is 2.23. The minimum absolute atomic E-state index is 0.287. The molecule has 1 atom stereocenters. The predicted octanol–water partition coefficient (Wildman–Crippen LogP) is 3.14. The third-order valence-corrected chi connectivity index (χ3v) is 4.20. The van der Waals surface area contributed by atoms with Gasteiger partial charge in [-0.25, -0.2) is 4.79 Å². The largest absolute Gasteiger partial charge is 0.449 e. The second-order valence-corrected chi connectivity index (χ2v) is 6.18. The molecule has 0 radical (unpaired) electrons. The molecule has 0 N–H and O–H groups in total. The Balaban J connectivity index is 1.60. The van der Waals surface area contributed by atoms with Gasteiger partial charge in [-0.05, 0) is 42.8 Å². The zero-order valence-electron chi connectivity index (χ0n) is 15.3. The number of amides is 1. The molecule has 138 valence electrons. The Bertz CT molecular complexity index is 890. The summed E-state index contributed by atoms with van der Waals surface area (Å²) in [6.07, 6.45) is 2.71. The van der Waals surface area contributed by atoms with Gasteiger partial charge in [-0.3, -0.25) is 9.48 Å². The molecular weight excluding hydrogens is 342 g/mol. The number of nitrogens with zero attached hydrogens (tertiary/aromatic N) is 3. The Morgan fingerprint density at radius 1 is 1.07 bits per heavy atom. The monoisotopic (exact) mass is 363 g/mol. The molecule has 1 amide bonds. The van der Waals surface area contributed by atoms with Gasteiger partial charge in [-0.15, -0.1) is 0 Å². The molecule has 6 nitrogen and oxygen atoms in total. The zero-order chi connectivity index (χ0) is 19.2. The first-order valence-corrected chi connectivity index (χ1v) is 8.64. The summed E-state index contributed by atoms with van der Waals surface area (Å²) in [4.78, 5) is 26.3. The second kappa shape index (κ2) is 8.31. The van der Waals surface area contributed by atoms with Crippen LogP contribution in [0.2, 0.25) is 0 Å². The molecule has 0 aliphatic heterocycles. The van der Waals surface area contributed by atoms with E-state index in [-0.39, 0.29) is 5.91 Å². The average Bonchev–Trinajstić information content (AvgIpc) is 3.21. The summed E-state index contributed by atoms with van der Waals surface area (Å²) in [5.74, 6) is -0.812. The van der Waals surface area contributed by atoms with Crippen molar-refractivity contribution in [3.05, 3.63) is 84.2 Å². The standard InChI is InChI=1S/C21H21N3O3/c1-16(20(25)23(2)19-7-4-3-5-8-19)27-21(26)18-11-9-17(10-12-18)15-24-14-6-13-22-24/h3-14,16H,15H2,1-2H3/t16-/m1/s1. The molecule has 1 aromatic heterocycles. The van der Waals surface area contributed by atoms with Crippen LogP contribution in [-0.2, 0) is 16.1 Å². The van der Waals surface area contributed by atoms with Crippen LogP contribution in [0.1, 0.15) is 22.8 Å². The minimum atomic E-state index is -0.883. The van der Waals surface area contributed by atoms with Gasteiger partial charge in [0, 0.05) is 25.1 Å². The topological polar surface area (TPSA) is 64.4 Å². The van der Waals surface area contributed by atoms with Crippen molar-refractivity contribution in [1.29, 1.82) is 0 Å². The number of ether oxygens (including phenoxy) is 1. The molecule has 0 aliphatic carbocycles. The molecular formula is C21H21N3O3. The smallest absolute Gasteiger partial charge is 0.338 e. The van der Waals surface area contributed by atoms with Crippen molar-refractivity contribution in [3.63, 3.8) is 0 Å². The maximum Gasteiger partial charge on any atom is 0.338 e. The lowest BCUT2D eigenvalue weighted by Gasteiger charge is -2.21. The molecule has 6 heteroatoms. The summed E-state index contributed by atoms with van der Waals surface area (Å²) in [6, 6.07) is 18.2. The molecule has 0 spiro atoms. The van der Waals surface area contributed by atoms with E-state index in [1.165, 1.54) is 4.90 Å². The van der Waals surface area contributed by atoms with E-state index in [0.717, 1.165) is 11.3 Å². The molecule has 2 aromatic carbocycles. The van der Waals surface area contributed by atoms with Crippen LogP contribution in [0.3, 0.4) is 0 Å². The van der Waals surface area contributed by atoms with Crippen LogP contribution in [0.4, 0.5) is 5.69 Å². The van der Waals surface area contributed by atoms with Gasteiger partial charge in [0.1, 0.15) is 0 Å². The fraction of sp³-hybridized carbons (Fsp3) is 0.190. The lowest BCUT2D eigenvalue weighted by molar-refractivity contribution is -0.126. The van der Waals surface area contributed by atoms with Crippen molar-refractivity contribution in [1.82, 2.24) is 9.78 Å². The van der Waals surface area contributed by atoms with E-state index in [1.54, 1.807) is 37.0 Å². The van der Waals surface area contributed by atoms with Crippen LogP contribution in [0.25, 0.3) is 0 Å². The zero-order valence-corrected chi connectivity index (χ0v) is 15.3. The number of benzene rings is 2. The summed E-state index contributed by atoms with van der Waals surface area (Å²) in [5, 5.41) is 4.15. The number of anilines is 1. The van der Waals surface area contributed by atoms with E-state index in [1.807, 2.05) is 54.7 Å². The lowest BCUT2D eigenvalue weighted by atomic mass is 10.1. The van der Waals surface area contributed by atoms with Crippen LogP contribution in [0, 0.1) is 0 Å². The molecule has 3 aromatic rings. The maximum absolute atomic E-state index is 12.5. The number of rotatable bonds is 6. The van der Waals surface area contributed by atoms with Gasteiger partial charge < -0.3 is 9.64 Å². The number of esters is 1. The summed E-state index contributed by atoms with van der Waals surface area (Å²) in [6.45, 7) is 2.20. The Labute approximate surface area is 158 Å². The highest BCUT2D eigenvalue weighted by Crippen LogP contribution is 2.14. The van der Waals surface area contributed by atoms with Crippen molar-refractivity contribution >= 4 is 17.6 Å². The Morgan fingerprint density at radius 3 is 2.41 bits per heavy atom. The van der Waals surface area contributed by atoms with E-state index in [2.05, 4.69) is 5.10 Å². The van der Waals surface area contributed by atoms with Crippen LogP contribution in [-0.4, -0.2) is 34.8 Å². The van der Waals surface area contributed by atoms with Crippen LogP contribution >= 0.6 is 0 Å². The Morgan fingerprint density at radius 2 is 1.78 bits per heavy atom. The molecule has 0 aliphatic rings. The highest BCUT2D eigenvalue weighted by atomic mass is 16.5. The van der Waals surface area contributed by atoms with Crippen molar-refractivity contribution < 1.29 is 14.3 Å². The number of likely N-dealkylation sites (N-methyl/N-ethyl adjacent to an activating group) is 1.